The minimum Gasteiger partial charge on any atom is -0.248 e. The average Bonchev–Trinajstić information content (AvgIpc) is 3.71. The fraction of sp³-hybridized carbons (Fsp3) is 0.0426. The minimum absolute atomic E-state index is 0.965. The molecule has 2 aliphatic rings. The number of aromatic nitrogens is 1. The molecular formula is C47H29N. The Morgan fingerprint density at radius 3 is 1.46 bits per heavy atom. The normalized spacial score (nSPS) is 12.8. The van der Waals surface area contributed by atoms with Crippen LogP contribution in [0.3, 0.4) is 0 Å². The summed E-state index contributed by atoms with van der Waals surface area (Å²) in [6.07, 6.45) is 1.93. The zero-order valence-corrected chi connectivity index (χ0v) is 26.3. The van der Waals surface area contributed by atoms with Gasteiger partial charge in [-0.3, -0.25) is 0 Å². The molecule has 0 fully saturated rings. The molecule has 1 aromatic heterocycles. The van der Waals surface area contributed by atoms with E-state index in [1.54, 1.807) is 0 Å². The van der Waals surface area contributed by atoms with E-state index in [1.165, 1.54) is 88.0 Å². The Morgan fingerprint density at radius 2 is 0.833 bits per heavy atom. The summed E-state index contributed by atoms with van der Waals surface area (Å²) in [4.78, 5) is 5.41. The van der Waals surface area contributed by atoms with Gasteiger partial charge in [0.05, 0.1) is 11.4 Å². The standard InChI is InChI=1S/C47H29N/c1-3-10-38-31(6-1)22-35-24-33(16-19-40(35)38)44-26-37(27-45(48-44)34-17-20-41-36(25-34)23-32-7-2-4-11-39(32)41)42-18-14-30-13-12-28-8-5-9-29-15-21-43(42)47(30)46(28)29/h1-21,24-27H,22-23H2. The third-order valence-electron chi connectivity index (χ3n) is 10.8. The molecule has 48 heavy (non-hydrogen) atoms. The Labute approximate surface area is 279 Å². The summed E-state index contributed by atoms with van der Waals surface area (Å²) >= 11 is 0. The molecule has 0 atom stereocenters. The quantitative estimate of drug-likeness (QED) is 0.182. The zero-order chi connectivity index (χ0) is 31.3. The second kappa shape index (κ2) is 9.73. The largest absolute Gasteiger partial charge is 0.248 e. The number of benzene rings is 8. The Bertz CT molecular complexity index is 2650. The summed E-state index contributed by atoms with van der Waals surface area (Å²) in [5.74, 6) is 0. The average molecular weight is 608 g/mol. The van der Waals surface area contributed by atoms with Gasteiger partial charge in [0.25, 0.3) is 0 Å². The smallest absolute Gasteiger partial charge is 0.0715 e. The van der Waals surface area contributed by atoms with Gasteiger partial charge < -0.3 is 0 Å². The van der Waals surface area contributed by atoms with Crippen molar-refractivity contribution < 1.29 is 0 Å². The highest BCUT2D eigenvalue weighted by molar-refractivity contribution is 6.25. The predicted octanol–water partition coefficient (Wildman–Crippen LogP) is 12.1. The first-order chi connectivity index (χ1) is 23.7. The molecule has 0 spiro atoms. The number of fused-ring (bicyclic) bond motifs is 6. The molecule has 0 radical (unpaired) electrons. The van der Waals surface area contributed by atoms with Crippen LogP contribution in [0.5, 0.6) is 0 Å². The lowest BCUT2D eigenvalue weighted by Crippen LogP contribution is -1.94. The monoisotopic (exact) mass is 607 g/mol. The van der Waals surface area contributed by atoms with Gasteiger partial charge in [-0.1, -0.05) is 127 Å². The number of pyridine rings is 1. The molecular weight excluding hydrogens is 579 g/mol. The Morgan fingerprint density at radius 1 is 0.333 bits per heavy atom. The van der Waals surface area contributed by atoms with E-state index < -0.39 is 0 Å². The van der Waals surface area contributed by atoms with Gasteiger partial charge in [-0.15, -0.1) is 0 Å². The van der Waals surface area contributed by atoms with Crippen molar-refractivity contribution in [1.29, 1.82) is 0 Å². The van der Waals surface area contributed by atoms with Gasteiger partial charge in [0.2, 0.25) is 0 Å². The molecule has 0 saturated carbocycles. The first kappa shape index (κ1) is 26.1. The minimum atomic E-state index is 0.965. The van der Waals surface area contributed by atoms with Crippen LogP contribution in [0, 0.1) is 0 Å². The van der Waals surface area contributed by atoms with Crippen molar-refractivity contribution >= 4 is 32.3 Å². The molecule has 0 amide bonds. The third-order valence-corrected chi connectivity index (χ3v) is 10.8. The Hall–Kier alpha value is -6.05. The lowest BCUT2D eigenvalue weighted by Gasteiger charge is -2.16. The summed E-state index contributed by atoms with van der Waals surface area (Å²) < 4.78 is 0. The maximum Gasteiger partial charge on any atom is 0.0715 e. The van der Waals surface area contributed by atoms with Gasteiger partial charge in [0.1, 0.15) is 0 Å². The predicted molar refractivity (Wildman–Crippen MR) is 201 cm³/mol. The molecule has 8 aromatic carbocycles. The van der Waals surface area contributed by atoms with E-state index in [-0.39, 0.29) is 0 Å². The number of nitrogens with zero attached hydrogens (tertiary/aromatic N) is 1. The van der Waals surface area contributed by atoms with Crippen LogP contribution in [0.15, 0.2) is 152 Å². The van der Waals surface area contributed by atoms with E-state index in [0.717, 1.165) is 35.4 Å². The summed E-state index contributed by atoms with van der Waals surface area (Å²) in [7, 11) is 0. The highest BCUT2D eigenvalue weighted by atomic mass is 14.7. The number of hydrogen-bond acceptors (Lipinski definition) is 1. The van der Waals surface area contributed by atoms with Crippen molar-refractivity contribution in [3.05, 3.63) is 174 Å². The first-order valence-electron chi connectivity index (χ1n) is 16.9. The van der Waals surface area contributed by atoms with Gasteiger partial charge in [-0.2, -0.15) is 0 Å². The van der Waals surface area contributed by atoms with Crippen molar-refractivity contribution in [3.63, 3.8) is 0 Å². The van der Waals surface area contributed by atoms with Crippen molar-refractivity contribution in [3.8, 4) is 55.9 Å². The van der Waals surface area contributed by atoms with Crippen molar-refractivity contribution in [2.75, 3.05) is 0 Å². The molecule has 1 heteroatoms. The van der Waals surface area contributed by atoms with Crippen LogP contribution >= 0.6 is 0 Å². The van der Waals surface area contributed by atoms with Crippen LogP contribution in [0.1, 0.15) is 22.3 Å². The van der Waals surface area contributed by atoms with Crippen molar-refractivity contribution in [1.82, 2.24) is 4.98 Å². The SMILES string of the molecule is c1ccc2c(c1)Cc1cc(-c3cc(-c4ccc5ccc6cccc7ccc4c5c67)cc(-c4ccc5c(c4)Cc4ccccc4-5)n3)ccc1-2. The van der Waals surface area contributed by atoms with Crippen LogP contribution < -0.4 is 0 Å². The second-order valence-electron chi connectivity index (χ2n) is 13.5. The molecule has 9 aromatic rings. The Kier molecular flexibility index (Phi) is 5.28. The Balaban J connectivity index is 1.13. The second-order valence-corrected chi connectivity index (χ2v) is 13.5. The van der Waals surface area contributed by atoms with Gasteiger partial charge in [-0.25, -0.2) is 4.98 Å². The lowest BCUT2D eigenvalue weighted by atomic mass is 9.89. The topological polar surface area (TPSA) is 12.9 Å². The van der Waals surface area contributed by atoms with E-state index >= 15 is 0 Å². The number of rotatable bonds is 3. The third kappa shape index (κ3) is 3.76. The van der Waals surface area contributed by atoms with Crippen LogP contribution in [-0.4, -0.2) is 4.98 Å². The van der Waals surface area contributed by atoms with Gasteiger partial charge in [-0.05, 0) is 125 Å². The van der Waals surface area contributed by atoms with Crippen LogP contribution in [0.4, 0.5) is 0 Å². The van der Waals surface area contributed by atoms with Gasteiger partial charge in [0, 0.05) is 11.1 Å². The highest BCUT2D eigenvalue weighted by Crippen LogP contribution is 2.43. The summed E-state index contributed by atoms with van der Waals surface area (Å²) in [5, 5.41) is 7.83. The van der Waals surface area contributed by atoms with E-state index in [9.17, 15) is 0 Å². The lowest BCUT2D eigenvalue weighted by molar-refractivity contribution is 1.25. The van der Waals surface area contributed by atoms with Crippen LogP contribution in [0.2, 0.25) is 0 Å². The van der Waals surface area contributed by atoms with Crippen LogP contribution in [-0.2, 0) is 12.8 Å². The van der Waals surface area contributed by atoms with Crippen molar-refractivity contribution in [2.45, 2.75) is 12.8 Å². The van der Waals surface area contributed by atoms with E-state index in [1.807, 2.05) is 0 Å². The highest BCUT2D eigenvalue weighted by Gasteiger charge is 2.22. The summed E-state index contributed by atoms with van der Waals surface area (Å²) in [5.41, 5.74) is 17.7. The van der Waals surface area contributed by atoms with Crippen LogP contribution in [0.25, 0.3) is 88.2 Å². The molecule has 1 nitrogen and oxygen atoms in total. The molecule has 0 unspecified atom stereocenters. The van der Waals surface area contributed by atoms with E-state index in [2.05, 4.69) is 152 Å². The molecule has 0 bridgehead atoms. The summed E-state index contributed by atoms with van der Waals surface area (Å²) in [6.45, 7) is 0. The molecule has 0 saturated heterocycles. The molecule has 1 heterocycles. The molecule has 11 rings (SSSR count). The maximum atomic E-state index is 5.41. The number of hydrogen-bond donors (Lipinski definition) is 0. The molecule has 2 aliphatic carbocycles. The van der Waals surface area contributed by atoms with E-state index in [0.29, 0.717) is 0 Å². The van der Waals surface area contributed by atoms with Gasteiger partial charge >= 0.3 is 0 Å². The molecule has 222 valence electrons. The maximum absolute atomic E-state index is 5.41. The van der Waals surface area contributed by atoms with E-state index in [4.69, 9.17) is 4.98 Å². The fourth-order valence-corrected chi connectivity index (χ4v) is 8.58. The summed E-state index contributed by atoms with van der Waals surface area (Å²) in [6, 6.07) is 56.4. The first-order valence-corrected chi connectivity index (χ1v) is 16.9. The molecule has 0 aliphatic heterocycles. The molecule has 0 N–H and O–H groups in total. The van der Waals surface area contributed by atoms with Crippen molar-refractivity contribution in [2.24, 2.45) is 0 Å². The van der Waals surface area contributed by atoms with Gasteiger partial charge in [0.15, 0.2) is 0 Å². The fourth-order valence-electron chi connectivity index (χ4n) is 8.58. The zero-order valence-electron chi connectivity index (χ0n) is 26.3.